The van der Waals surface area contributed by atoms with Crippen molar-refractivity contribution < 1.29 is 9.53 Å². The molecule has 6 heteroatoms. The normalized spacial score (nSPS) is 10.2. The van der Waals surface area contributed by atoms with Gasteiger partial charge < -0.3 is 15.0 Å². The van der Waals surface area contributed by atoms with Crippen molar-refractivity contribution in [2.45, 2.75) is 20.8 Å². The quantitative estimate of drug-likeness (QED) is 0.851. The van der Waals surface area contributed by atoms with E-state index in [0.717, 1.165) is 24.5 Å². The minimum atomic E-state index is -0.295. The minimum Gasteiger partial charge on any atom is -0.477 e. The minimum absolute atomic E-state index is 0.251. The maximum Gasteiger partial charge on any atom is 0.276 e. The fraction of sp³-hybridized carbons (Fsp3) is 0.353. The van der Waals surface area contributed by atoms with Crippen LogP contribution in [-0.4, -0.2) is 35.8 Å². The maximum absolute atomic E-state index is 12.1. The van der Waals surface area contributed by atoms with Gasteiger partial charge in [0.05, 0.1) is 6.61 Å². The lowest BCUT2D eigenvalue weighted by Crippen LogP contribution is -2.21. The van der Waals surface area contributed by atoms with Crippen molar-refractivity contribution in [3.05, 3.63) is 42.1 Å². The molecule has 23 heavy (non-hydrogen) atoms. The third-order valence-electron chi connectivity index (χ3n) is 3.42. The first-order valence-corrected chi connectivity index (χ1v) is 7.80. The number of hydrogen-bond acceptors (Lipinski definition) is 5. The van der Waals surface area contributed by atoms with Crippen LogP contribution >= 0.6 is 0 Å². The Balaban J connectivity index is 2.02. The molecule has 1 aromatic heterocycles. The predicted octanol–water partition coefficient (Wildman–Crippen LogP) is 2.97. The molecule has 6 nitrogen and oxygen atoms in total. The molecule has 2 aromatic rings. The fourth-order valence-electron chi connectivity index (χ4n) is 2.21. The van der Waals surface area contributed by atoms with Crippen LogP contribution in [0.1, 0.15) is 31.3 Å². The molecule has 1 amide bonds. The van der Waals surface area contributed by atoms with E-state index in [2.05, 4.69) is 34.3 Å². The van der Waals surface area contributed by atoms with Gasteiger partial charge in [0.2, 0.25) is 5.88 Å². The highest BCUT2D eigenvalue weighted by Gasteiger charge is 2.09. The van der Waals surface area contributed by atoms with Crippen LogP contribution < -0.4 is 15.0 Å². The van der Waals surface area contributed by atoms with E-state index in [9.17, 15) is 4.79 Å². The van der Waals surface area contributed by atoms with Gasteiger partial charge in [-0.3, -0.25) is 4.79 Å². The Hall–Kier alpha value is -2.63. The van der Waals surface area contributed by atoms with Crippen LogP contribution in [0.3, 0.4) is 0 Å². The van der Waals surface area contributed by atoms with Gasteiger partial charge in [0.1, 0.15) is 0 Å². The van der Waals surface area contributed by atoms with Crippen molar-refractivity contribution in [1.29, 1.82) is 0 Å². The topological polar surface area (TPSA) is 67.3 Å². The molecule has 0 saturated carbocycles. The van der Waals surface area contributed by atoms with Crippen LogP contribution in [0.4, 0.5) is 11.4 Å². The van der Waals surface area contributed by atoms with Gasteiger partial charge in [-0.15, -0.1) is 10.2 Å². The molecule has 0 radical (unpaired) electrons. The predicted molar refractivity (Wildman–Crippen MR) is 91.2 cm³/mol. The molecular formula is C17H22N4O2. The Morgan fingerprint density at radius 3 is 2.26 bits per heavy atom. The molecule has 0 spiro atoms. The van der Waals surface area contributed by atoms with Gasteiger partial charge in [0.15, 0.2) is 5.69 Å². The van der Waals surface area contributed by atoms with Crippen LogP contribution in [0.5, 0.6) is 5.88 Å². The third kappa shape index (κ3) is 4.42. The first-order valence-electron chi connectivity index (χ1n) is 7.80. The number of aromatic nitrogens is 2. The Labute approximate surface area is 136 Å². The van der Waals surface area contributed by atoms with Gasteiger partial charge in [0, 0.05) is 30.5 Å². The summed E-state index contributed by atoms with van der Waals surface area (Å²) in [6.07, 6.45) is 0. The van der Waals surface area contributed by atoms with Gasteiger partial charge in [-0.25, -0.2) is 0 Å². The molecular weight excluding hydrogens is 292 g/mol. The van der Waals surface area contributed by atoms with Crippen LogP contribution in [0.25, 0.3) is 0 Å². The highest BCUT2D eigenvalue weighted by atomic mass is 16.5. The lowest BCUT2D eigenvalue weighted by Gasteiger charge is -2.21. The molecule has 1 N–H and O–H groups in total. The summed E-state index contributed by atoms with van der Waals surface area (Å²) in [5, 5.41) is 10.5. The molecule has 0 aliphatic heterocycles. The summed E-state index contributed by atoms with van der Waals surface area (Å²) in [5.41, 5.74) is 2.11. The number of amides is 1. The largest absolute Gasteiger partial charge is 0.477 e. The van der Waals surface area contributed by atoms with E-state index in [4.69, 9.17) is 4.74 Å². The van der Waals surface area contributed by atoms with Crippen molar-refractivity contribution in [3.63, 3.8) is 0 Å². The summed E-state index contributed by atoms with van der Waals surface area (Å²) in [6, 6.07) is 11.0. The molecule has 122 valence electrons. The molecule has 0 fully saturated rings. The van der Waals surface area contributed by atoms with Crippen LogP contribution in [0, 0.1) is 0 Å². The lowest BCUT2D eigenvalue weighted by molar-refractivity contribution is 0.102. The van der Waals surface area contributed by atoms with E-state index in [1.807, 2.05) is 31.2 Å². The Bertz CT molecular complexity index is 622. The summed E-state index contributed by atoms with van der Waals surface area (Å²) < 4.78 is 5.21. The van der Waals surface area contributed by atoms with E-state index in [-0.39, 0.29) is 11.6 Å². The molecule has 0 bridgehead atoms. The summed E-state index contributed by atoms with van der Waals surface area (Å²) in [7, 11) is 0. The highest BCUT2D eigenvalue weighted by molar-refractivity contribution is 6.02. The number of nitrogens with one attached hydrogen (secondary N) is 1. The summed E-state index contributed by atoms with van der Waals surface area (Å²) in [4.78, 5) is 14.4. The van der Waals surface area contributed by atoms with Crippen molar-refractivity contribution in [3.8, 4) is 5.88 Å². The van der Waals surface area contributed by atoms with Gasteiger partial charge in [-0.05, 0) is 51.1 Å². The van der Waals surface area contributed by atoms with Crippen LogP contribution in [-0.2, 0) is 0 Å². The molecule has 2 rings (SSSR count). The number of ether oxygens (including phenoxy) is 1. The zero-order valence-electron chi connectivity index (χ0n) is 13.7. The lowest BCUT2D eigenvalue weighted by atomic mass is 10.2. The average Bonchev–Trinajstić information content (AvgIpc) is 2.58. The number of carbonyl (C=O) groups excluding carboxylic acids is 1. The van der Waals surface area contributed by atoms with Crippen LogP contribution in [0.2, 0.25) is 0 Å². The van der Waals surface area contributed by atoms with Crippen LogP contribution in [0.15, 0.2) is 36.4 Å². The number of hydrogen-bond donors (Lipinski definition) is 1. The Morgan fingerprint density at radius 2 is 1.74 bits per heavy atom. The number of rotatable bonds is 7. The molecule has 1 heterocycles. The fourth-order valence-corrected chi connectivity index (χ4v) is 2.21. The maximum atomic E-state index is 12.1. The van der Waals surface area contributed by atoms with Crippen molar-refractivity contribution in [2.24, 2.45) is 0 Å². The van der Waals surface area contributed by atoms with E-state index in [0.29, 0.717) is 12.5 Å². The standard InChI is InChI=1S/C17H22N4O2/c1-4-21(5-2)14-9-7-13(8-10-14)18-17(22)15-11-12-16(20-19-15)23-6-3/h7-12H,4-6H2,1-3H3,(H,18,22). The zero-order chi connectivity index (χ0) is 16.7. The summed E-state index contributed by atoms with van der Waals surface area (Å²) in [6.45, 7) is 8.50. The number of carbonyl (C=O) groups is 1. The van der Waals surface area contributed by atoms with Gasteiger partial charge in [-0.1, -0.05) is 0 Å². The second-order valence-electron chi connectivity index (χ2n) is 4.86. The van der Waals surface area contributed by atoms with Crippen molar-refractivity contribution >= 4 is 17.3 Å². The first-order chi connectivity index (χ1) is 11.2. The molecule has 0 aliphatic carbocycles. The number of benzene rings is 1. The second kappa shape index (κ2) is 8.12. The number of anilines is 2. The highest BCUT2D eigenvalue weighted by Crippen LogP contribution is 2.18. The monoisotopic (exact) mass is 314 g/mol. The SMILES string of the molecule is CCOc1ccc(C(=O)Nc2ccc(N(CC)CC)cc2)nn1. The van der Waals surface area contributed by atoms with E-state index in [1.165, 1.54) is 0 Å². The molecule has 0 unspecified atom stereocenters. The molecule has 1 aromatic carbocycles. The van der Waals surface area contributed by atoms with Gasteiger partial charge in [-0.2, -0.15) is 0 Å². The van der Waals surface area contributed by atoms with E-state index >= 15 is 0 Å². The third-order valence-corrected chi connectivity index (χ3v) is 3.42. The first kappa shape index (κ1) is 16.7. The number of nitrogens with zero attached hydrogens (tertiary/aromatic N) is 3. The van der Waals surface area contributed by atoms with Gasteiger partial charge >= 0.3 is 0 Å². The molecule has 0 saturated heterocycles. The summed E-state index contributed by atoms with van der Waals surface area (Å²) in [5.74, 6) is 0.115. The van der Waals surface area contributed by atoms with Crippen molar-refractivity contribution in [1.82, 2.24) is 10.2 Å². The Kier molecular flexibility index (Phi) is 5.91. The second-order valence-corrected chi connectivity index (χ2v) is 4.86. The van der Waals surface area contributed by atoms with Gasteiger partial charge in [0.25, 0.3) is 5.91 Å². The zero-order valence-corrected chi connectivity index (χ0v) is 13.7. The Morgan fingerprint density at radius 1 is 1.04 bits per heavy atom. The molecule has 0 aliphatic rings. The van der Waals surface area contributed by atoms with Crippen molar-refractivity contribution in [2.75, 3.05) is 29.9 Å². The van der Waals surface area contributed by atoms with E-state index in [1.54, 1.807) is 12.1 Å². The molecule has 0 atom stereocenters. The average molecular weight is 314 g/mol. The smallest absolute Gasteiger partial charge is 0.276 e. The summed E-state index contributed by atoms with van der Waals surface area (Å²) >= 11 is 0. The van der Waals surface area contributed by atoms with E-state index < -0.39 is 0 Å².